The molecule has 1 N–H and O–H groups in total. The maximum Gasteiger partial charge on any atom is 0.408 e. The molecule has 0 aliphatic carbocycles. The molecule has 1 amide bonds. The van der Waals surface area contributed by atoms with Crippen molar-refractivity contribution in [2.45, 2.75) is 34.3 Å². The van der Waals surface area contributed by atoms with E-state index >= 15 is 0 Å². The summed E-state index contributed by atoms with van der Waals surface area (Å²) in [6, 6.07) is 9.43. The Hall–Kier alpha value is -1.36. The van der Waals surface area contributed by atoms with Gasteiger partial charge in [-0.15, -0.1) is 0 Å². The summed E-state index contributed by atoms with van der Waals surface area (Å²) < 4.78 is 24.6. The van der Waals surface area contributed by atoms with Gasteiger partial charge < -0.3 is 10.1 Å². The second-order valence-corrected chi connectivity index (χ2v) is 8.19. The zero-order valence-electron chi connectivity index (χ0n) is 15.2. The highest BCUT2D eigenvalue weighted by molar-refractivity contribution is 7.53. The zero-order valence-corrected chi connectivity index (χ0v) is 16.1. The predicted molar refractivity (Wildman–Crippen MR) is 95.7 cm³/mol. The first-order chi connectivity index (χ1) is 11.5. The van der Waals surface area contributed by atoms with Crippen LogP contribution < -0.4 is 5.32 Å². The first kappa shape index (κ1) is 20.7. The third-order valence-electron chi connectivity index (χ3n) is 4.38. The summed E-state index contributed by atoms with van der Waals surface area (Å²) in [5, 5.41) is 2.62. The van der Waals surface area contributed by atoms with E-state index < -0.39 is 13.6 Å². The number of carbonyl (C=O) groups is 1. The molecular formula is C17H30N2O4P+. The fourth-order valence-electron chi connectivity index (χ4n) is 2.78. The Kier molecular flexibility index (Phi) is 8.46. The number of nitrogens with one attached hydrogen (secondary N) is 1. The highest BCUT2D eigenvalue weighted by atomic mass is 31.2. The highest BCUT2D eigenvalue weighted by Gasteiger charge is 2.45. The van der Waals surface area contributed by atoms with E-state index in [0.717, 1.165) is 5.56 Å². The molecule has 1 aromatic rings. The maximum absolute atomic E-state index is 13.4. The monoisotopic (exact) mass is 357 g/mol. The van der Waals surface area contributed by atoms with E-state index in [4.69, 9.17) is 9.26 Å². The Bertz CT molecular complexity index is 539. The van der Waals surface area contributed by atoms with E-state index in [2.05, 4.69) is 5.32 Å². The van der Waals surface area contributed by atoms with Gasteiger partial charge in [-0.3, -0.25) is 8.78 Å². The van der Waals surface area contributed by atoms with Gasteiger partial charge in [-0.1, -0.05) is 30.3 Å². The molecule has 6 nitrogen and oxygen atoms in total. The summed E-state index contributed by atoms with van der Waals surface area (Å²) in [7, 11) is -3.08. The minimum absolute atomic E-state index is 0.0238. The number of carbonyl (C=O) groups excluding carboxylic acids is 1. The number of amides is 1. The molecule has 0 saturated heterocycles. The van der Waals surface area contributed by atoms with Gasteiger partial charge in [0.15, 0.2) is 6.29 Å². The lowest BCUT2D eigenvalue weighted by atomic mass is 10.2. The molecule has 7 heteroatoms. The number of hydrogen-bond acceptors (Lipinski definition) is 4. The summed E-state index contributed by atoms with van der Waals surface area (Å²) in [6.45, 7) is 10.4. The van der Waals surface area contributed by atoms with Gasteiger partial charge in [0.05, 0.1) is 26.2 Å². The first-order valence-electron chi connectivity index (χ1n) is 8.51. The first-order valence-corrected chi connectivity index (χ1v) is 10.3. The molecule has 136 valence electrons. The van der Waals surface area contributed by atoms with Crippen molar-refractivity contribution in [3.63, 3.8) is 0 Å². The van der Waals surface area contributed by atoms with Gasteiger partial charge in [-0.2, -0.15) is 0 Å². The largest absolute Gasteiger partial charge is 0.445 e. The lowest BCUT2D eigenvalue weighted by Crippen LogP contribution is -2.47. The molecule has 24 heavy (non-hydrogen) atoms. The summed E-state index contributed by atoms with van der Waals surface area (Å²) in [5.74, 6) is 0. The SMILES string of the molecule is CCOP(=O)(CNC(=O)OCc1ccccc1)[N+](CC)(CC)CC. The van der Waals surface area contributed by atoms with E-state index in [1.54, 1.807) is 0 Å². The van der Waals surface area contributed by atoms with Crippen LogP contribution in [0, 0.1) is 0 Å². The summed E-state index contributed by atoms with van der Waals surface area (Å²) in [4.78, 5) is 11.9. The molecule has 0 spiro atoms. The molecule has 0 aliphatic rings. The van der Waals surface area contributed by atoms with Crippen LogP contribution in [0.1, 0.15) is 33.3 Å². The lowest BCUT2D eigenvalue weighted by molar-refractivity contribution is -0.812. The molecule has 0 fully saturated rings. The van der Waals surface area contributed by atoms with Crippen molar-refractivity contribution < 1.29 is 22.9 Å². The molecule has 0 heterocycles. The van der Waals surface area contributed by atoms with Crippen LogP contribution in [-0.4, -0.2) is 42.9 Å². The van der Waals surface area contributed by atoms with Crippen molar-refractivity contribution in [3.8, 4) is 0 Å². The quantitative estimate of drug-likeness (QED) is 0.644. The topological polar surface area (TPSA) is 64.6 Å². The van der Waals surface area contributed by atoms with Crippen LogP contribution in [-0.2, 0) is 20.4 Å². The smallest absolute Gasteiger partial charge is 0.408 e. The summed E-state index contributed by atoms with van der Waals surface area (Å²) in [6.07, 6.45) is -0.607. The third kappa shape index (κ3) is 5.07. The molecule has 1 aromatic carbocycles. The third-order valence-corrected chi connectivity index (χ3v) is 7.74. The second-order valence-electron chi connectivity index (χ2n) is 5.50. The van der Waals surface area contributed by atoms with E-state index in [9.17, 15) is 9.36 Å². The van der Waals surface area contributed by atoms with Crippen molar-refractivity contribution in [2.24, 2.45) is 0 Å². The molecule has 0 aromatic heterocycles. The number of nitrogens with zero attached hydrogens (tertiary/aromatic N) is 1. The summed E-state index contributed by atoms with van der Waals surface area (Å²) >= 11 is 0. The number of rotatable bonds is 10. The molecular weight excluding hydrogens is 327 g/mol. The Labute approximate surface area is 145 Å². The summed E-state index contributed by atoms with van der Waals surface area (Å²) in [5.41, 5.74) is 0.904. The van der Waals surface area contributed by atoms with Gasteiger partial charge in [-0.05, 0) is 33.3 Å². The van der Waals surface area contributed by atoms with Crippen molar-refractivity contribution in [1.82, 2.24) is 5.32 Å². The average Bonchev–Trinajstić information content (AvgIpc) is 2.61. The van der Waals surface area contributed by atoms with E-state index in [0.29, 0.717) is 30.5 Å². The molecule has 0 radical (unpaired) electrons. The minimum atomic E-state index is -3.08. The molecule has 1 rings (SSSR count). The number of quaternary nitrogens is 1. The van der Waals surface area contributed by atoms with Gasteiger partial charge in [0.1, 0.15) is 6.61 Å². The fourth-order valence-corrected chi connectivity index (χ4v) is 5.44. The Morgan fingerprint density at radius 1 is 1.08 bits per heavy atom. The highest BCUT2D eigenvalue weighted by Crippen LogP contribution is 2.55. The zero-order chi connectivity index (χ0) is 18.1. The number of benzene rings is 1. The van der Waals surface area contributed by atoms with Gasteiger partial charge in [0.25, 0.3) is 0 Å². The fraction of sp³-hybridized carbons (Fsp3) is 0.588. The van der Waals surface area contributed by atoms with Crippen LogP contribution >= 0.6 is 7.52 Å². The normalized spacial score (nSPS) is 14.0. The van der Waals surface area contributed by atoms with E-state index in [-0.39, 0.29) is 12.9 Å². The van der Waals surface area contributed by atoms with Crippen molar-refractivity contribution >= 4 is 13.6 Å². The molecule has 0 aliphatic heterocycles. The van der Waals surface area contributed by atoms with Gasteiger partial charge in [-0.25, -0.2) is 9.36 Å². The molecule has 1 unspecified atom stereocenters. The van der Waals surface area contributed by atoms with E-state index in [1.165, 1.54) is 0 Å². The minimum Gasteiger partial charge on any atom is -0.445 e. The maximum atomic E-state index is 13.4. The van der Waals surface area contributed by atoms with E-state index in [1.807, 2.05) is 58.0 Å². The standard InChI is InChI=1S/C17H29N2O4P/c1-5-19(6-2,7-3)24(21,23-8-4)15-18-17(20)22-14-16-12-10-9-11-13-16/h9-13H,5-8,14-15H2,1-4H3/p+1. The molecule has 0 saturated carbocycles. The Morgan fingerprint density at radius 3 is 2.17 bits per heavy atom. The number of ether oxygens (including phenoxy) is 1. The van der Waals surface area contributed by atoms with Gasteiger partial charge >= 0.3 is 13.6 Å². The Balaban J connectivity index is 2.68. The number of hydrogen-bond donors (Lipinski definition) is 1. The Morgan fingerprint density at radius 2 is 1.67 bits per heavy atom. The lowest BCUT2D eigenvalue weighted by Gasteiger charge is -2.40. The molecule has 1 atom stereocenters. The van der Waals surface area contributed by atoms with Gasteiger partial charge in [0, 0.05) is 0 Å². The van der Waals surface area contributed by atoms with Crippen LogP contribution in [0.4, 0.5) is 4.79 Å². The van der Waals surface area contributed by atoms with Crippen LogP contribution in [0.2, 0.25) is 0 Å². The number of alkyl carbamates (subject to hydrolysis) is 1. The predicted octanol–water partition coefficient (Wildman–Crippen LogP) is 3.98. The van der Waals surface area contributed by atoms with Crippen LogP contribution in [0.5, 0.6) is 0 Å². The van der Waals surface area contributed by atoms with Crippen LogP contribution in [0.25, 0.3) is 0 Å². The average molecular weight is 357 g/mol. The second kappa shape index (κ2) is 9.82. The van der Waals surface area contributed by atoms with Crippen LogP contribution in [0.3, 0.4) is 0 Å². The van der Waals surface area contributed by atoms with Crippen LogP contribution in [0.15, 0.2) is 30.3 Å². The van der Waals surface area contributed by atoms with Gasteiger partial charge in [0.2, 0.25) is 0 Å². The van der Waals surface area contributed by atoms with Crippen molar-refractivity contribution in [3.05, 3.63) is 35.9 Å². The van der Waals surface area contributed by atoms with Crippen molar-refractivity contribution in [1.29, 1.82) is 0 Å². The van der Waals surface area contributed by atoms with Crippen molar-refractivity contribution in [2.75, 3.05) is 32.5 Å². The molecule has 0 bridgehead atoms.